The maximum absolute atomic E-state index is 12.0. The number of aryl methyl sites for hydroxylation is 1. The third-order valence-corrected chi connectivity index (χ3v) is 5.88. The van der Waals surface area contributed by atoms with E-state index in [9.17, 15) is 4.79 Å². The first-order valence-electron chi connectivity index (χ1n) is 11.0. The molecule has 172 valence electrons. The van der Waals surface area contributed by atoms with E-state index in [1.54, 1.807) is 11.8 Å². The summed E-state index contributed by atoms with van der Waals surface area (Å²) >= 11 is 1.72. The molecule has 33 heavy (non-hydrogen) atoms. The van der Waals surface area contributed by atoms with Gasteiger partial charge in [0.15, 0.2) is 0 Å². The number of benzene rings is 3. The van der Waals surface area contributed by atoms with Gasteiger partial charge in [0.1, 0.15) is 12.4 Å². The standard InChI is InChI=1S/C27H31N3O2S/c1-33-25-16-10-22(11-17-25)20-32-24-14-12-23(13-15-24)26(28)19-30-27(31)29-18-6-5-9-21-7-3-2-4-8-21/h2-4,7-8,10-17,19H,5-6,9,18,20,28H2,1H3,(H2,29,30,31)/b26-19-. The zero-order valence-electron chi connectivity index (χ0n) is 18.9. The molecular weight excluding hydrogens is 430 g/mol. The van der Waals surface area contributed by atoms with Crippen molar-refractivity contribution in [3.63, 3.8) is 0 Å². The van der Waals surface area contributed by atoms with E-state index in [2.05, 4.69) is 53.3 Å². The lowest BCUT2D eigenvalue weighted by Gasteiger charge is -2.09. The summed E-state index contributed by atoms with van der Waals surface area (Å²) in [5.74, 6) is 0.765. The van der Waals surface area contributed by atoms with E-state index in [4.69, 9.17) is 10.5 Å². The quantitative estimate of drug-likeness (QED) is 0.258. The SMILES string of the molecule is CSc1ccc(COc2ccc(/C(N)=C/NC(=O)NCCCCc3ccccc3)cc2)cc1. The normalized spacial score (nSPS) is 11.1. The zero-order valence-corrected chi connectivity index (χ0v) is 19.7. The Morgan fingerprint density at radius 2 is 1.67 bits per heavy atom. The Kier molecular flexibility index (Phi) is 9.73. The van der Waals surface area contributed by atoms with E-state index in [0.29, 0.717) is 18.8 Å². The van der Waals surface area contributed by atoms with Crippen molar-refractivity contribution < 1.29 is 9.53 Å². The first-order valence-corrected chi connectivity index (χ1v) is 12.3. The van der Waals surface area contributed by atoms with Crippen LogP contribution in [0.4, 0.5) is 4.79 Å². The largest absolute Gasteiger partial charge is 0.489 e. The van der Waals surface area contributed by atoms with Gasteiger partial charge in [-0.2, -0.15) is 0 Å². The highest BCUT2D eigenvalue weighted by Crippen LogP contribution is 2.19. The molecule has 0 radical (unpaired) electrons. The van der Waals surface area contributed by atoms with E-state index >= 15 is 0 Å². The Balaban J connectivity index is 1.36. The van der Waals surface area contributed by atoms with Crippen molar-refractivity contribution in [2.75, 3.05) is 12.8 Å². The molecule has 3 aromatic carbocycles. The van der Waals surface area contributed by atoms with Crippen LogP contribution in [0.5, 0.6) is 5.75 Å². The van der Waals surface area contributed by atoms with Crippen LogP contribution < -0.4 is 21.1 Å². The van der Waals surface area contributed by atoms with Crippen LogP contribution in [0.3, 0.4) is 0 Å². The summed E-state index contributed by atoms with van der Waals surface area (Å²) in [5, 5.41) is 5.54. The molecule has 0 bridgehead atoms. The summed E-state index contributed by atoms with van der Waals surface area (Å²) in [7, 11) is 0. The monoisotopic (exact) mass is 461 g/mol. The number of rotatable bonds is 11. The average Bonchev–Trinajstić information content (AvgIpc) is 2.87. The molecule has 0 heterocycles. The summed E-state index contributed by atoms with van der Waals surface area (Å²) < 4.78 is 5.84. The van der Waals surface area contributed by atoms with Crippen LogP contribution in [0.15, 0.2) is 90.0 Å². The van der Waals surface area contributed by atoms with E-state index in [1.165, 1.54) is 16.7 Å². The maximum Gasteiger partial charge on any atom is 0.318 e. The molecule has 0 saturated carbocycles. The topological polar surface area (TPSA) is 76.4 Å². The van der Waals surface area contributed by atoms with Crippen molar-refractivity contribution in [3.05, 3.63) is 102 Å². The number of hydrogen-bond donors (Lipinski definition) is 3. The second kappa shape index (κ2) is 13.2. The van der Waals surface area contributed by atoms with Gasteiger partial charge in [-0.05, 0) is 78.6 Å². The Morgan fingerprint density at radius 3 is 2.36 bits per heavy atom. The zero-order chi connectivity index (χ0) is 23.3. The van der Waals surface area contributed by atoms with E-state index in [-0.39, 0.29) is 6.03 Å². The first kappa shape index (κ1) is 24.3. The summed E-state index contributed by atoms with van der Waals surface area (Å²) in [6.07, 6.45) is 6.54. The Bertz CT molecular complexity index is 1020. The van der Waals surface area contributed by atoms with Crippen LogP contribution in [0.25, 0.3) is 5.70 Å². The molecule has 0 spiro atoms. The molecule has 5 nitrogen and oxygen atoms in total. The van der Waals surface area contributed by atoms with Gasteiger partial charge >= 0.3 is 6.03 Å². The van der Waals surface area contributed by atoms with Crippen molar-refractivity contribution in [3.8, 4) is 5.75 Å². The number of carbonyl (C=O) groups is 1. The predicted molar refractivity (Wildman–Crippen MR) is 137 cm³/mol. The maximum atomic E-state index is 12.0. The summed E-state index contributed by atoms with van der Waals surface area (Å²) in [6.45, 7) is 1.13. The van der Waals surface area contributed by atoms with E-state index in [1.807, 2.05) is 42.5 Å². The number of nitrogens with two attached hydrogens (primary N) is 1. The van der Waals surface area contributed by atoms with E-state index < -0.39 is 0 Å². The van der Waals surface area contributed by atoms with Crippen molar-refractivity contribution in [2.24, 2.45) is 5.73 Å². The summed E-state index contributed by atoms with van der Waals surface area (Å²) in [5.41, 5.74) is 9.83. The first-order chi connectivity index (χ1) is 16.1. The Labute approximate surface area is 200 Å². The molecular formula is C27H31N3O2S. The average molecular weight is 462 g/mol. The highest BCUT2D eigenvalue weighted by atomic mass is 32.2. The molecule has 2 amide bonds. The summed E-state index contributed by atoms with van der Waals surface area (Å²) in [6, 6.07) is 25.9. The van der Waals surface area contributed by atoms with Gasteiger partial charge in [0.05, 0.1) is 5.70 Å². The van der Waals surface area contributed by atoms with Gasteiger partial charge in [-0.15, -0.1) is 11.8 Å². The molecule has 6 heteroatoms. The molecule has 0 aromatic heterocycles. The Morgan fingerprint density at radius 1 is 0.939 bits per heavy atom. The minimum absolute atomic E-state index is 0.259. The van der Waals surface area contributed by atoms with Gasteiger partial charge in [0, 0.05) is 17.6 Å². The van der Waals surface area contributed by atoms with Crippen LogP contribution >= 0.6 is 11.8 Å². The van der Waals surface area contributed by atoms with Crippen LogP contribution in [-0.2, 0) is 13.0 Å². The number of nitrogens with one attached hydrogen (secondary N) is 2. The molecule has 3 rings (SSSR count). The molecule has 4 N–H and O–H groups in total. The van der Waals surface area contributed by atoms with Gasteiger partial charge in [-0.3, -0.25) is 0 Å². The number of thioether (sulfide) groups is 1. The number of hydrogen-bond acceptors (Lipinski definition) is 4. The molecule has 0 aliphatic rings. The van der Waals surface area contributed by atoms with Gasteiger partial charge in [-0.1, -0.05) is 42.5 Å². The van der Waals surface area contributed by atoms with Gasteiger partial charge in [0.2, 0.25) is 0 Å². The van der Waals surface area contributed by atoms with Crippen molar-refractivity contribution in [2.45, 2.75) is 30.8 Å². The van der Waals surface area contributed by atoms with Crippen LogP contribution in [0.1, 0.15) is 29.5 Å². The molecule has 0 unspecified atom stereocenters. The minimum atomic E-state index is -0.259. The smallest absolute Gasteiger partial charge is 0.318 e. The second-order valence-electron chi connectivity index (χ2n) is 7.60. The van der Waals surface area contributed by atoms with Crippen LogP contribution in [0, 0.1) is 0 Å². The molecule has 0 aliphatic carbocycles. The summed E-state index contributed by atoms with van der Waals surface area (Å²) in [4.78, 5) is 13.2. The number of ether oxygens (including phenoxy) is 1. The number of urea groups is 1. The lowest BCUT2D eigenvalue weighted by atomic mass is 10.1. The molecule has 3 aromatic rings. The molecule has 0 atom stereocenters. The number of amides is 2. The Hall–Kier alpha value is -3.38. The highest BCUT2D eigenvalue weighted by molar-refractivity contribution is 7.98. The second-order valence-corrected chi connectivity index (χ2v) is 8.48. The van der Waals surface area contributed by atoms with Crippen LogP contribution in [0.2, 0.25) is 0 Å². The highest BCUT2D eigenvalue weighted by Gasteiger charge is 2.02. The van der Waals surface area contributed by atoms with Gasteiger partial charge < -0.3 is 21.1 Å². The predicted octanol–water partition coefficient (Wildman–Crippen LogP) is 5.57. The minimum Gasteiger partial charge on any atom is -0.489 e. The molecule has 0 saturated heterocycles. The number of carbonyl (C=O) groups excluding carboxylic acids is 1. The third kappa shape index (κ3) is 8.58. The fourth-order valence-electron chi connectivity index (χ4n) is 3.21. The van der Waals surface area contributed by atoms with Gasteiger partial charge in [0.25, 0.3) is 0 Å². The van der Waals surface area contributed by atoms with E-state index in [0.717, 1.165) is 36.1 Å². The van der Waals surface area contributed by atoms with Crippen molar-refractivity contribution >= 4 is 23.5 Å². The lowest BCUT2D eigenvalue weighted by molar-refractivity contribution is 0.244. The van der Waals surface area contributed by atoms with Gasteiger partial charge in [-0.25, -0.2) is 4.79 Å². The molecule has 0 aliphatic heterocycles. The van der Waals surface area contributed by atoms with Crippen molar-refractivity contribution in [1.29, 1.82) is 0 Å². The molecule has 0 fully saturated rings. The number of unbranched alkanes of at least 4 members (excludes halogenated alkanes) is 1. The lowest BCUT2D eigenvalue weighted by Crippen LogP contribution is -2.33. The fourth-order valence-corrected chi connectivity index (χ4v) is 3.62. The third-order valence-electron chi connectivity index (χ3n) is 5.13. The van der Waals surface area contributed by atoms with Crippen molar-refractivity contribution in [1.82, 2.24) is 10.6 Å². The van der Waals surface area contributed by atoms with Crippen LogP contribution in [-0.4, -0.2) is 18.8 Å². The fraction of sp³-hybridized carbons (Fsp3) is 0.222.